The van der Waals surface area contributed by atoms with Gasteiger partial charge in [0.1, 0.15) is 0 Å². The fraction of sp³-hybridized carbons (Fsp3) is 0.125. The average molecular weight is 242 g/mol. The molecule has 0 spiro atoms. The minimum atomic E-state index is 1.20. The predicted molar refractivity (Wildman–Crippen MR) is 82.3 cm³/mol. The topological polar surface area (TPSA) is 0 Å². The highest BCUT2D eigenvalue weighted by atomic mass is 32.1. The second-order valence-electron chi connectivity index (χ2n) is 3.44. The number of rotatable bonds is 4. The summed E-state index contributed by atoms with van der Waals surface area (Å²) in [7, 11) is 0. The summed E-state index contributed by atoms with van der Waals surface area (Å²) in [6.45, 7) is 11.7. The lowest BCUT2D eigenvalue weighted by molar-refractivity contribution is 1.63. The summed E-state index contributed by atoms with van der Waals surface area (Å²) in [5.41, 5.74) is 1.22. The molecular weight excluding hydrogens is 224 g/mol. The van der Waals surface area contributed by atoms with Gasteiger partial charge in [-0.05, 0) is 19.1 Å². The Bertz CT molecular complexity index is 565. The first-order valence-corrected chi connectivity index (χ1v) is 6.43. The minimum Gasteiger partial charge on any atom is -0.136 e. The molecule has 17 heavy (non-hydrogen) atoms. The predicted octanol–water partition coefficient (Wildman–Crippen LogP) is 3.75. The largest absolute Gasteiger partial charge is 0.136 e. The van der Waals surface area contributed by atoms with E-state index in [4.69, 9.17) is 0 Å². The van der Waals surface area contributed by atoms with Gasteiger partial charge in [-0.25, -0.2) is 0 Å². The van der Waals surface area contributed by atoms with Gasteiger partial charge in [-0.15, -0.1) is 11.3 Å². The normalized spacial score (nSPS) is 14.0. The van der Waals surface area contributed by atoms with E-state index in [9.17, 15) is 0 Å². The van der Waals surface area contributed by atoms with E-state index in [1.165, 1.54) is 20.2 Å². The van der Waals surface area contributed by atoms with Crippen LogP contribution >= 0.6 is 11.3 Å². The molecule has 0 aliphatic heterocycles. The molecular formula is C16H18S. The molecule has 1 heteroatoms. The Morgan fingerprint density at radius 2 is 1.88 bits per heavy atom. The van der Waals surface area contributed by atoms with Crippen LogP contribution < -0.4 is 9.75 Å². The third kappa shape index (κ3) is 3.18. The van der Waals surface area contributed by atoms with Gasteiger partial charge in [-0.3, -0.25) is 0 Å². The van der Waals surface area contributed by atoms with Gasteiger partial charge in [0.05, 0.1) is 0 Å². The zero-order valence-electron chi connectivity index (χ0n) is 10.4. The van der Waals surface area contributed by atoms with Crippen LogP contribution in [0.4, 0.5) is 0 Å². The SMILES string of the molecule is C=C/C=C\c1c(C=C)sc(=C/C)/c1=C\C=C/C. The molecule has 1 aromatic heterocycles. The van der Waals surface area contributed by atoms with Crippen LogP contribution in [0, 0.1) is 0 Å². The van der Waals surface area contributed by atoms with Crippen LogP contribution in [0.3, 0.4) is 0 Å². The number of allylic oxidation sites excluding steroid dienone is 4. The highest BCUT2D eigenvalue weighted by Crippen LogP contribution is 2.12. The van der Waals surface area contributed by atoms with Crippen LogP contribution in [0.1, 0.15) is 24.3 Å². The smallest absolute Gasteiger partial charge is 0.0349 e. The van der Waals surface area contributed by atoms with E-state index in [0.29, 0.717) is 0 Å². The molecule has 0 saturated heterocycles. The summed E-state index contributed by atoms with van der Waals surface area (Å²) < 4.78 is 1.28. The number of hydrogen-bond acceptors (Lipinski definition) is 1. The van der Waals surface area contributed by atoms with E-state index in [0.717, 1.165) is 0 Å². The van der Waals surface area contributed by atoms with Crippen LogP contribution in [-0.2, 0) is 0 Å². The average Bonchev–Trinajstić information content (AvgIpc) is 2.70. The molecule has 0 aliphatic rings. The quantitative estimate of drug-likeness (QED) is 0.705. The minimum absolute atomic E-state index is 1.20. The van der Waals surface area contributed by atoms with Crippen molar-refractivity contribution in [3.05, 3.63) is 57.7 Å². The monoisotopic (exact) mass is 242 g/mol. The van der Waals surface area contributed by atoms with Crippen molar-refractivity contribution < 1.29 is 0 Å². The van der Waals surface area contributed by atoms with Crippen molar-refractivity contribution in [1.82, 2.24) is 0 Å². The van der Waals surface area contributed by atoms with Gasteiger partial charge in [0.2, 0.25) is 0 Å². The van der Waals surface area contributed by atoms with Crippen LogP contribution in [-0.4, -0.2) is 0 Å². The standard InChI is InChI=1S/C16H18S/c1-5-9-11-13-14(12-10-6-2)16(8-4)17-15(13)7-3/h5-12H,1,3H2,2,4H3/b10-6-,11-9-,14-12-,16-8+. The molecule has 0 nitrogen and oxygen atoms in total. The fourth-order valence-electron chi connectivity index (χ4n) is 1.56. The van der Waals surface area contributed by atoms with Crippen molar-refractivity contribution in [3.63, 3.8) is 0 Å². The molecule has 0 N–H and O–H groups in total. The maximum atomic E-state index is 3.87. The lowest BCUT2D eigenvalue weighted by Crippen LogP contribution is -2.19. The van der Waals surface area contributed by atoms with Gasteiger partial charge in [0, 0.05) is 15.0 Å². The maximum Gasteiger partial charge on any atom is 0.0349 e. The Balaban J connectivity index is 3.63. The number of thiophene rings is 1. The summed E-state index contributed by atoms with van der Waals surface area (Å²) in [4.78, 5) is 1.20. The number of hydrogen-bond donors (Lipinski definition) is 0. The Morgan fingerprint density at radius 3 is 2.41 bits per heavy atom. The molecule has 0 aromatic carbocycles. The third-order valence-corrected chi connectivity index (χ3v) is 3.62. The van der Waals surface area contributed by atoms with Crippen LogP contribution in [0.5, 0.6) is 0 Å². The Kier molecular flexibility index (Phi) is 5.44. The summed E-state index contributed by atoms with van der Waals surface area (Å²) in [5.74, 6) is 0. The lowest BCUT2D eigenvalue weighted by atomic mass is 10.1. The molecule has 0 amide bonds. The second-order valence-corrected chi connectivity index (χ2v) is 4.52. The van der Waals surface area contributed by atoms with Gasteiger partial charge in [0.15, 0.2) is 0 Å². The fourth-order valence-corrected chi connectivity index (χ4v) is 2.57. The Hall–Kier alpha value is -1.60. The Labute approximate surface area is 107 Å². The highest BCUT2D eigenvalue weighted by Gasteiger charge is 2.02. The van der Waals surface area contributed by atoms with E-state index in [1.54, 1.807) is 17.4 Å². The molecule has 88 valence electrons. The van der Waals surface area contributed by atoms with Crippen molar-refractivity contribution in [2.24, 2.45) is 0 Å². The van der Waals surface area contributed by atoms with Gasteiger partial charge in [-0.2, -0.15) is 0 Å². The molecule has 0 bridgehead atoms. The summed E-state index contributed by atoms with van der Waals surface area (Å²) in [5, 5.41) is 1.25. The van der Waals surface area contributed by atoms with Crippen molar-refractivity contribution >= 4 is 35.6 Å². The molecule has 0 aliphatic carbocycles. The second kappa shape index (κ2) is 6.87. The molecule has 0 radical (unpaired) electrons. The summed E-state index contributed by atoms with van der Waals surface area (Å²) >= 11 is 1.76. The third-order valence-electron chi connectivity index (χ3n) is 2.34. The van der Waals surface area contributed by atoms with Gasteiger partial charge in [0.25, 0.3) is 0 Å². The van der Waals surface area contributed by atoms with Crippen molar-refractivity contribution in [2.75, 3.05) is 0 Å². The van der Waals surface area contributed by atoms with Crippen molar-refractivity contribution in [3.8, 4) is 0 Å². The highest BCUT2D eigenvalue weighted by molar-refractivity contribution is 7.11. The van der Waals surface area contributed by atoms with E-state index in [-0.39, 0.29) is 0 Å². The molecule has 1 rings (SSSR count). The van der Waals surface area contributed by atoms with Gasteiger partial charge < -0.3 is 0 Å². The van der Waals surface area contributed by atoms with E-state index >= 15 is 0 Å². The maximum absolute atomic E-state index is 3.87. The van der Waals surface area contributed by atoms with Crippen LogP contribution in [0.15, 0.2) is 37.5 Å². The zero-order chi connectivity index (χ0) is 12.7. The first-order valence-electron chi connectivity index (χ1n) is 5.62. The van der Waals surface area contributed by atoms with Crippen molar-refractivity contribution in [2.45, 2.75) is 13.8 Å². The summed E-state index contributed by atoms with van der Waals surface area (Å²) in [6, 6.07) is 0. The molecule has 0 saturated carbocycles. The molecule has 0 fully saturated rings. The first kappa shape index (κ1) is 13.5. The van der Waals surface area contributed by atoms with Gasteiger partial charge >= 0.3 is 0 Å². The van der Waals surface area contributed by atoms with E-state index in [1.807, 2.05) is 25.2 Å². The summed E-state index contributed by atoms with van der Waals surface area (Å²) in [6.07, 6.45) is 16.1. The van der Waals surface area contributed by atoms with Gasteiger partial charge in [-0.1, -0.05) is 61.8 Å². The molecule has 1 aromatic rings. The van der Waals surface area contributed by atoms with Crippen LogP contribution in [0.25, 0.3) is 24.3 Å². The first-order chi connectivity index (χ1) is 8.28. The molecule has 1 heterocycles. The molecule has 0 unspecified atom stereocenters. The van der Waals surface area contributed by atoms with E-state index < -0.39 is 0 Å². The lowest BCUT2D eigenvalue weighted by Gasteiger charge is -1.90. The van der Waals surface area contributed by atoms with E-state index in [2.05, 4.69) is 44.4 Å². The Morgan fingerprint density at radius 1 is 1.12 bits per heavy atom. The van der Waals surface area contributed by atoms with Crippen molar-refractivity contribution in [1.29, 1.82) is 0 Å². The molecule has 0 atom stereocenters. The zero-order valence-corrected chi connectivity index (χ0v) is 11.3. The van der Waals surface area contributed by atoms with Crippen LogP contribution in [0.2, 0.25) is 0 Å².